The van der Waals surface area contributed by atoms with Gasteiger partial charge in [0.25, 0.3) is 0 Å². The third-order valence-corrected chi connectivity index (χ3v) is 3.57. The van der Waals surface area contributed by atoms with Crippen molar-refractivity contribution in [2.45, 2.75) is 32.4 Å². The standard InChI is InChI=1S/C15H20N2O3/c1-9-4-5-11-7-16-8-13(12(11)6-9)14(18)17-10(2)15(19)20-3/h4-6,10,13,16H,7-8H2,1-3H3,(H,17,18). The third-order valence-electron chi connectivity index (χ3n) is 3.57. The molecule has 1 aliphatic heterocycles. The molecule has 0 aliphatic carbocycles. The molecule has 1 aromatic carbocycles. The van der Waals surface area contributed by atoms with Crippen molar-refractivity contribution in [3.8, 4) is 0 Å². The van der Waals surface area contributed by atoms with Gasteiger partial charge in [0.1, 0.15) is 6.04 Å². The van der Waals surface area contributed by atoms with Gasteiger partial charge in [-0.3, -0.25) is 4.79 Å². The molecule has 1 aliphatic rings. The normalized spacial score (nSPS) is 18.9. The Labute approximate surface area is 118 Å². The summed E-state index contributed by atoms with van der Waals surface area (Å²) in [6.45, 7) is 4.98. The maximum absolute atomic E-state index is 12.3. The zero-order valence-electron chi connectivity index (χ0n) is 12.0. The molecule has 0 spiro atoms. The minimum Gasteiger partial charge on any atom is -0.467 e. The molecule has 2 unspecified atom stereocenters. The average molecular weight is 276 g/mol. The number of fused-ring (bicyclic) bond motifs is 1. The summed E-state index contributed by atoms with van der Waals surface area (Å²) in [4.78, 5) is 23.7. The van der Waals surface area contributed by atoms with Gasteiger partial charge in [0, 0.05) is 13.1 Å². The quantitative estimate of drug-likeness (QED) is 0.804. The highest BCUT2D eigenvalue weighted by molar-refractivity contribution is 5.89. The van der Waals surface area contributed by atoms with E-state index in [4.69, 9.17) is 0 Å². The van der Waals surface area contributed by atoms with Gasteiger partial charge in [-0.15, -0.1) is 0 Å². The van der Waals surface area contributed by atoms with E-state index in [1.807, 2.05) is 25.1 Å². The fraction of sp³-hybridized carbons (Fsp3) is 0.467. The number of aryl methyl sites for hydroxylation is 1. The van der Waals surface area contributed by atoms with Crippen molar-refractivity contribution in [3.63, 3.8) is 0 Å². The van der Waals surface area contributed by atoms with Crippen LogP contribution in [0.2, 0.25) is 0 Å². The number of benzene rings is 1. The summed E-state index contributed by atoms with van der Waals surface area (Å²) in [5.41, 5.74) is 3.30. The molecule has 2 rings (SSSR count). The zero-order chi connectivity index (χ0) is 14.7. The van der Waals surface area contributed by atoms with E-state index in [1.165, 1.54) is 7.11 Å². The Balaban J connectivity index is 2.16. The number of hydrogen-bond donors (Lipinski definition) is 2. The summed E-state index contributed by atoms with van der Waals surface area (Å²) in [6.07, 6.45) is 0. The molecule has 2 N–H and O–H groups in total. The number of methoxy groups -OCH3 is 1. The molecule has 0 fully saturated rings. The second kappa shape index (κ2) is 6.05. The van der Waals surface area contributed by atoms with Crippen molar-refractivity contribution in [1.29, 1.82) is 0 Å². The van der Waals surface area contributed by atoms with Gasteiger partial charge in [0.05, 0.1) is 13.0 Å². The number of rotatable bonds is 3. The van der Waals surface area contributed by atoms with Crippen molar-refractivity contribution in [2.75, 3.05) is 13.7 Å². The second-order valence-corrected chi connectivity index (χ2v) is 5.14. The minimum atomic E-state index is -0.636. The van der Waals surface area contributed by atoms with E-state index in [0.717, 1.165) is 23.2 Å². The molecule has 5 nitrogen and oxygen atoms in total. The van der Waals surface area contributed by atoms with E-state index in [0.29, 0.717) is 6.54 Å². The number of amides is 1. The number of carbonyl (C=O) groups is 2. The summed E-state index contributed by atoms with van der Waals surface area (Å²) in [6, 6.07) is 5.49. The van der Waals surface area contributed by atoms with Crippen molar-refractivity contribution in [1.82, 2.24) is 10.6 Å². The van der Waals surface area contributed by atoms with Crippen LogP contribution in [0, 0.1) is 6.92 Å². The van der Waals surface area contributed by atoms with Crippen molar-refractivity contribution in [3.05, 3.63) is 34.9 Å². The Morgan fingerprint density at radius 2 is 2.20 bits per heavy atom. The van der Waals surface area contributed by atoms with Gasteiger partial charge in [-0.2, -0.15) is 0 Å². The van der Waals surface area contributed by atoms with Crippen LogP contribution in [-0.4, -0.2) is 31.6 Å². The topological polar surface area (TPSA) is 67.4 Å². The summed E-state index contributed by atoms with van der Waals surface area (Å²) in [5.74, 6) is -0.862. The Bertz CT molecular complexity index is 528. The summed E-state index contributed by atoms with van der Waals surface area (Å²) in [7, 11) is 1.31. The average Bonchev–Trinajstić information content (AvgIpc) is 2.45. The zero-order valence-corrected chi connectivity index (χ0v) is 12.0. The van der Waals surface area contributed by atoms with E-state index in [9.17, 15) is 9.59 Å². The first-order chi connectivity index (χ1) is 9.52. The molecule has 1 heterocycles. The van der Waals surface area contributed by atoms with Crippen LogP contribution in [0.25, 0.3) is 0 Å². The number of nitrogens with one attached hydrogen (secondary N) is 2. The maximum Gasteiger partial charge on any atom is 0.328 e. The molecule has 20 heavy (non-hydrogen) atoms. The van der Waals surface area contributed by atoms with Gasteiger partial charge in [-0.1, -0.05) is 23.8 Å². The van der Waals surface area contributed by atoms with Gasteiger partial charge in [0.15, 0.2) is 0 Å². The van der Waals surface area contributed by atoms with Crippen LogP contribution in [0.3, 0.4) is 0 Å². The van der Waals surface area contributed by atoms with Crippen LogP contribution >= 0.6 is 0 Å². The van der Waals surface area contributed by atoms with Gasteiger partial charge in [-0.25, -0.2) is 4.79 Å². The summed E-state index contributed by atoms with van der Waals surface area (Å²) >= 11 is 0. The van der Waals surface area contributed by atoms with Crippen LogP contribution < -0.4 is 10.6 Å². The first kappa shape index (κ1) is 14.5. The van der Waals surface area contributed by atoms with Gasteiger partial charge in [-0.05, 0) is 25.0 Å². The fourth-order valence-electron chi connectivity index (χ4n) is 2.44. The molecular weight excluding hydrogens is 256 g/mol. The molecule has 0 saturated carbocycles. The largest absolute Gasteiger partial charge is 0.467 e. The lowest BCUT2D eigenvalue weighted by Crippen LogP contribution is -2.45. The predicted octanol–water partition coefficient (Wildman–Crippen LogP) is 0.860. The van der Waals surface area contributed by atoms with Crippen molar-refractivity contribution >= 4 is 11.9 Å². The molecule has 108 valence electrons. The molecule has 5 heteroatoms. The fourth-order valence-corrected chi connectivity index (χ4v) is 2.44. The van der Waals surface area contributed by atoms with Crippen molar-refractivity contribution in [2.24, 2.45) is 0 Å². The summed E-state index contributed by atoms with van der Waals surface area (Å²) in [5, 5.41) is 5.94. The van der Waals surface area contributed by atoms with E-state index in [-0.39, 0.29) is 11.8 Å². The van der Waals surface area contributed by atoms with Gasteiger partial charge < -0.3 is 15.4 Å². The van der Waals surface area contributed by atoms with E-state index in [1.54, 1.807) is 6.92 Å². The predicted molar refractivity (Wildman–Crippen MR) is 75.2 cm³/mol. The number of hydrogen-bond acceptors (Lipinski definition) is 4. The lowest BCUT2D eigenvalue weighted by molar-refractivity contribution is -0.144. The Kier molecular flexibility index (Phi) is 4.39. The van der Waals surface area contributed by atoms with Crippen LogP contribution in [0.15, 0.2) is 18.2 Å². The molecule has 0 saturated heterocycles. The number of esters is 1. The Hall–Kier alpha value is -1.88. The van der Waals surface area contributed by atoms with Gasteiger partial charge >= 0.3 is 5.97 Å². The number of ether oxygens (including phenoxy) is 1. The first-order valence-electron chi connectivity index (χ1n) is 6.71. The highest BCUT2D eigenvalue weighted by atomic mass is 16.5. The molecule has 0 aromatic heterocycles. The van der Waals surface area contributed by atoms with Crippen LogP contribution in [0.4, 0.5) is 0 Å². The lowest BCUT2D eigenvalue weighted by atomic mass is 9.89. The second-order valence-electron chi connectivity index (χ2n) is 5.14. The van der Waals surface area contributed by atoms with Crippen LogP contribution in [0.1, 0.15) is 29.5 Å². The molecule has 0 bridgehead atoms. The smallest absolute Gasteiger partial charge is 0.328 e. The molecule has 0 radical (unpaired) electrons. The highest BCUT2D eigenvalue weighted by Crippen LogP contribution is 2.25. The molecular formula is C15H20N2O3. The van der Waals surface area contributed by atoms with Crippen molar-refractivity contribution < 1.29 is 14.3 Å². The Morgan fingerprint density at radius 1 is 1.45 bits per heavy atom. The first-order valence-corrected chi connectivity index (χ1v) is 6.71. The summed E-state index contributed by atoms with van der Waals surface area (Å²) < 4.78 is 4.62. The SMILES string of the molecule is COC(=O)C(C)NC(=O)C1CNCc2ccc(C)cc21. The monoisotopic (exact) mass is 276 g/mol. The third kappa shape index (κ3) is 2.99. The van der Waals surface area contributed by atoms with Crippen LogP contribution in [0.5, 0.6) is 0 Å². The lowest BCUT2D eigenvalue weighted by Gasteiger charge is -2.27. The van der Waals surface area contributed by atoms with E-state index in [2.05, 4.69) is 15.4 Å². The maximum atomic E-state index is 12.3. The molecule has 1 amide bonds. The minimum absolute atomic E-state index is 0.151. The number of carbonyl (C=O) groups excluding carboxylic acids is 2. The van der Waals surface area contributed by atoms with Crippen LogP contribution in [-0.2, 0) is 20.9 Å². The molecule has 1 aromatic rings. The van der Waals surface area contributed by atoms with E-state index < -0.39 is 12.0 Å². The molecule has 2 atom stereocenters. The van der Waals surface area contributed by atoms with Gasteiger partial charge in [0.2, 0.25) is 5.91 Å². The Morgan fingerprint density at radius 3 is 2.90 bits per heavy atom. The highest BCUT2D eigenvalue weighted by Gasteiger charge is 2.28. The van der Waals surface area contributed by atoms with E-state index >= 15 is 0 Å².